The molecule has 27 heavy (non-hydrogen) atoms. The number of nitrogens with two attached hydrogens (primary N) is 1. The molecule has 0 radical (unpaired) electrons. The van der Waals surface area contributed by atoms with E-state index in [4.69, 9.17) is 10.5 Å². The van der Waals surface area contributed by atoms with Gasteiger partial charge in [-0.05, 0) is 13.0 Å². The third kappa shape index (κ3) is 2.51. The van der Waals surface area contributed by atoms with Gasteiger partial charge >= 0.3 is 5.97 Å². The molecule has 0 saturated carbocycles. The number of rotatable bonds is 3. The molecule has 0 unspecified atom stereocenters. The maximum absolute atomic E-state index is 15.1. The minimum absolute atomic E-state index is 0.00136. The normalized spacial score (nSPS) is 24.1. The molecule has 3 N–H and O–H groups in total. The molecule has 1 fully saturated rings. The van der Waals surface area contributed by atoms with Crippen molar-refractivity contribution in [2.75, 3.05) is 24.6 Å². The average Bonchev–Trinajstić information content (AvgIpc) is 2.99. The Bertz CT molecular complexity index is 1030. The van der Waals surface area contributed by atoms with E-state index < -0.39 is 17.2 Å². The second-order valence-electron chi connectivity index (χ2n) is 7.15. The van der Waals surface area contributed by atoms with Gasteiger partial charge in [-0.1, -0.05) is 6.08 Å². The maximum atomic E-state index is 15.1. The quantitative estimate of drug-likeness (QED) is 0.796. The van der Waals surface area contributed by atoms with Crippen molar-refractivity contribution in [2.24, 2.45) is 11.7 Å². The molecule has 1 aromatic heterocycles. The third-order valence-corrected chi connectivity index (χ3v) is 5.40. The second-order valence-corrected chi connectivity index (χ2v) is 7.15. The minimum atomic E-state index is -1.34. The molecule has 1 saturated heterocycles. The first-order chi connectivity index (χ1) is 12.8. The van der Waals surface area contributed by atoms with Crippen LogP contribution in [0.4, 0.5) is 10.1 Å². The zero-order valence-corrected chi connectivity index (χ0v) is 14.8. The van der Waals surface area contributed by atoms with Crippen molar-refractivity contribution < 1.29 is 19.0 Å². The summed E-state index contributed by atoms with van der Waals surface area (Å²) in [6.45, 7) is 6.80. The number of pyridine rings is 1. The van der Waals surface area contributed by atoms with Gasteiger partial charge in [0.25, 0.3) is 0 Å². The van der Waals surface area contributed by atoms with E-state index in [-0.39, 0.29) is 47.0 Å². The zero-order valence-electron chi connectivity index (χ0n) is 14.8. The standard InChI is InChI=1S/C19H20FN3O4/c1-3-10-5-22(7-14(10)21)16-13(20)4-11-15-18(16)27-8-9(2)23(15)6-12(17(11)24)19(25)26/h3-4,6,9-10,14H,1,5,7-8,21H2,2H3,(H,25,26)/t9-,10-,14+/m0/s1. The molecule has 0 amide bonds. The van der Waals surface area contributed by atoms with E-state index in [1.165, 1.54) is 6.20 Å². The Labute approximate surface area is 154 Å². The number of aromatic nitrogens is 1. The molecule has 4 rings (SSSR count). The molecule has 2 aromatic rings. The van der Waals surface area contributed by atoms with Crippen molar-refractivity contribution in [3.8, 4) is 5.75 Å². The van der Waals surface area contributed by atoms with Crippen molar-refractivity contribution in [3.63, 3.8) is 0 Å². The molecule has 7 nitrogen and oxygen atoms in total. The number of halogens is 1. The summed E-state index contributed by atoms with van der Waals surface area (Å²) in [7, 11) is 0. The monoisotopic (exact) mass is 373 g/mol. The van der Waals surface area contributed by atoms with Crippen molar-refractivity contribution in [2.45, 2.75) is 19.0 Å². The first-order valence-electron chi connectivity index (χ1n) is 8.74. The van der Waals surface area contributed by atoms with Crippen molar-refractivity contribution in [1.82, 2.24) is 4.57 Å². The number of aromatic carboxylic acids is 1. The highest BCUT2D eigenvalue weighted by Gasteiger charge is 2.35. The number of carboxylic acids is 1. The SMILES string of the molecule is C=C[C@H]1CN(c2c(F)cc3c(=O)c(C(=O)O)cn4c3c2OC[C@@H]4C)C[C@H]1N. The number of ether oxygens (including phenoxy) is 1. The molecule has 2 aliphatic heterocycles. The highest BCUT2D eigenvalue weighted by Crippen LogP contribution is 2.43. The average molecular weight is 373 g/mol. The summed E-state index contributed by atoms with van der Waals surface area (Å²) in [6, 6.07) is 0.732. The number of nitrogens with zero attached hydrogens (tertiary/aromatic N) is 2. The van der Waals surface area contributed by atoms with Crippen LogP contribution in [0, 0.1) is 11.7 Å². The minimum Gasteiger partial charge on any atom is -0.487 e. The van der Waals surface area contributed by atoms with Crippen LogP contribution >= 0.6 is 0 Å². The van der Waals surface area contributed by atoms with E-state index >= 15 is 4.39 Å². The highest BCUT2D eigenvalue weighted by atomic mass is 19.1. The van der Waals surface area contributed by atoms with Crippen LogP contribution in [0.25, 0.3) is 10.9 Å². The largest absolute Gasteiger partial charge is 0.487 e. The summed E-state index contributed by atoms with van der Waals surface area (Å²) >= 11 is 0. The van der Waals surface area contributed by atoms with Gasteiger partial charge in [0.15, 0.2) is 11.6 Å². The molecule has 0 spiro atoms. The Morgan fingerprint density at radius 2 is 2.22 bits per heavy atom. The third-order valence-electron chi connectivity index (χ3n) is 5.40. The molecule has 2 aliphatic rings. The lowest BCUT2D eigenvalue weighted by molar-refractivity contribution is 0.0694. The Balaban J connectivity index is 2.01. The lowest BCUT2D eigenvalue weighted by atomic mass is 10.1. The number of hydrogen-bond donors (Lipinski definition) is 2. The van der Waals surface area contributed by atoms with E-state index in [1.807, 2.05) is 6.92 Å². The summed E-state index contributed by atoms with van der Waals surface area (Å²) in [6.07, 6.45) is 3.07. The van der Waals surface area contributed by atoms with E-state index in [1.54, 1.807) is 15.5 Å². The van der Waals surface area contributed by atoms with Crippen LogP contribution in [-0.2, 0) is 0 Å². The van der Waals surface area contributed by atoms with Crippen LogP contribution in [0.15, 0.2) is 29.7 Å². The molecule has 0 bridgehead atoms. The van der Waals surface area contributed by atoms with Gasteiger partial charge in [-0.15, -0.1) is 6.58 Å². The first-order valence-corrected chi connectivity index (χ1v) is 8.74. The van der Waals surface area contributed by atoms with Crippen LogP contribution in [0.3, 0.4) is 0 Å². The number of benzene rings is 1. The van der Waals surface area contributed by atoms with E-state index in [9.17, 15) is 14.7 Å². The van der Waals surface area contributed by atoms with Gasteiger partial charge < -0.3 is 25.0 Å². The van der Waals surface area contributed by atoms with Gasteiger partial charge in [-0.2, -0.15) is 0 Å². The Hall–Kier alpha value is -2.87. The van der Waals surface area contributed by atoms with Crippen LogP contribution in [-0.4, -0.2) is 41.4 Å². The van der Waals surface area contributed by atoms with Crippen LogP contribution in [0.2, 0.25) is 0 Å². The first kappa shape index (κ1) is 17.5. The molecule has 8 heteroatoms. The molecular weight excluding hydrogens is 353 g/mol. The maximum Gasteiger partial charge on any atom is 0.341 e. The Morgan fingerprint density at radius 1 is 1.48 bits per heavy atom. The van der Waals surface area contributed by atoms with Crippen molar-refractivity contribution in [1.29, 1.82) is 0 Å². The van der Waals surface area contributed by atoms with Gasteiger partial charge in [0.2, 0.25) is 5.43 Å². The van der Waals surface area contributed by atoms with Gasteiger partial charge in [-0.3, -0.25) is 4.79 Å². The van der Waals surface area contributed by atoms with Gasteiger partial charge in [0.05, 0.1) is 16.9 Å². The van der Waals surface area contributed by atoms with E-state index in [0.717, 1.165) is 6.07 Å². The van der Waals surface area contributed by atoms with Gasteiger partial charge in [0.1, 0.15) is 17.9 Å². The smallest absolute Gasteiger partial charge is 0.341 e. The number of anilines is 1. The summed E-state index contributed by atoms with van der Waals surface area (Å²) in [5.74, 6) is -1.69. The Kier molecular flexibility index (Phi) is 3.96. The number of carboxylic acid groups (broad SMARTS) is 1. The van der Waals surface area contributed by atoms with E-state index in [2.05, 4.69) is 6.58 Å². The lowest BCUT2D eigenvalue weighted by Gasteiger charge is -2.31. The summed E-state index contributed by atoms with van der Waals surface area (Å²) in [5, 5.41) is 9.33. The molecule has 142 valence electrons. The highest BCUT2D eigenvalue weighted by molar-refractivity contribution is 5.97. The molecular formula is C19H20FN3O4. The van der Waals surface area contributed by atoms with Crippen molar-refractivity contribution >= 4 is 22.6 Å². The van der Waals surface area contributed by atoms with Crippen LogP contribution in [0.1, 0.15) is 23.3 Å². The molecule has 1 aromatic carbocycles. The predicted octanol–water partition coefficient (Wildman–Crippen LogP) is 1.74. The van der Waals surface area contributed by atoms with Gasteiger partial charge in [0, 0.05) is 31.2 Å². The molecule has 3 heterocycles. The topological polar surface area (TPSA) is 97.8 Å². The number of hydrogen-bond acceptors (Lipinski definition) is 5. The fourth-order valence-corrected chi connectivity index (χ4v) is 3.94. The summed E-state index contributed by atoms with van der Waals surface area (Å²) < 4.78 is 22.6. The van der Waals surface area contributed by atoms with E-state index in [0.29, 0.717) is 18.6 Å². The predicted molar refractivity (Wildman–Crippen MR) is 99.2 cm³/mol. The summed E-state index contributed by atoms with van der Waals surface area (Å²) in [4.78, 5) is 25.8. The van der Waals surface area contributed by atoms with Crippen molar-refractivity contribution in [3.05, 3.63) is 46.5 Å². The Morgan fingerprint density at radius 3 is 2.85 bits per heavy atom. The molecule has 3 atom stereocenters. The fraction of sp³-hybridized carbons (Fsp3) is 0.368. The van der Waals surface area contributed by atoms with Crippen LogP contribution in [0.5, 0.6) is 5.75 Å². The lowest BCUT2D eigenvalue weighted by Crippen LogP contribution is -2.31. The van der Waals surface area contributed by atoms with Gasteiger partial charge in [-0.25, -0.2) is 9.18 Å². The van der Waals surface area contributed by atoms with Crippen LogP contribution < -0.4 is 20.8 Å². The molecule has 0 aliphatic carbocycles. The summed E-state index contributed by atoms with van der Waals surface area (Å²) in [5.41, 5.74) is 5.68. The fourth-order valence-electron chi connectivity index (χ4n) is 3.94. The number of carbonyl (C=O) groups is 1. The zero-order chi connectivity index (χ0) is 19.5. The second kappa shape index (κ2) is 6.09.